The highest BCUT2D eigenvalue weighted by Crippen LogP contribution is 2.18. The molecule has 0 saturated heterocycles. The fourth-order valence-electron chi connectivity index (χ4n) is 0.933. The lowest BCUT2D eigenvalue weighted by Gasteiger charge is -2.02. The Kier molecular flexibility index (Phi) is 2.19. The van der Waals surface area contributed by atoms with Crippen LogP contribution < -0.4 is 11.5 Å². The topological polar surface area (TPSA) is 89.3 Å². The number of carbonyl (C=O) groups is 1. The molecule has 0 spiro atoms. The van der Waals surface area contributed by atoms with Gasteiger partial charge in [0.1, 0.15) is 5.75 Å². The molecule has 0 fully saturated rings. The van der Waals surface area contributed by atoms with Crippen LogP contribution in [0, 0.1) is 0 Å². The maximum absolute atomic E-state index is 10.5. The molecule has 0 aliphatic carbocycles. The third kappa shape index (κ3) is 1.88. The number of phenolic OH excluding ortho intramolecular Hbond substituents is 1. The molecule has 0 heterocycles. The average Bonchev–Trinajstić information content (AvgIpc) is 1.96. The van der Waals surface area contributed by atoms with Gasteiger partial charge in [0.05, 0.1) is 6.42 Å². The summed E-state index contributed by atoms with van der Waals surface area (Å²) in [4.78, 5) is 10.5. The van der Waals surface area contributed by atoms with Gasteiger partial charge in [0.15, 0.2) is 0 Å². The lowest BCUT2D eigenvalue weighted by Crippen LogP contribution is -2.14. The molecule has 1 amide bonds. The molecule has 0 unspecified atom stereocenters. The summed E-state index contributed by atoms with van der Waals surface area (Å²) < 4.78 is 0. The van der Waals surface area contributed by atoms with E-state index in [0.29, 0.717) is 11.3 Å². The monoisotopic (exact) mass is 166 g/mol. The summed E-state index contributed by atoms with van der Waals surface area (Å²) in [5.74, 6) is -0.382. The molecule has 0 aliphatic heterocycles. The van der Waals surface area contributed by atoms with Crippen LogP contribution in [-0.4, -0.2) is 11.0 Å². The second kappa shape index (κ2) is 3.13. The maximum atomic E-state index is 10.5. The number of phenols is 1. The van der Waals surface area contributed by atoms with Crippen molar-refractivity contribution >= 4 is 11.6 Å². The lowest BCUT2D eigenvalue weighted by molar-refractivity contribution is -0.117. The van der Waals surface area contributed by atoms with Crippen molar-refractivity contribution in [1.29, 1.82) is 0 Å². The number of carbonyl (C=O) groups excluding carboxylic acids is 1. The first kappa shape index (κ1) is 8.39. The zero-order valence-corrected chi connectivity index (χ0v) is 6.45. The first-order valence-electron chi connectivity index (χ1n) is 3.45. The highest BCUT2D eigenvalue weighted by Gasteiger charge is 2.03. The molecule has 0 aromatic heterocycles. The van der Waals surface area contributed by atoms with Crippen molar-refractivity contribution in [3.05, 3.63) is 23.8 Å². The van der Waals surface area contributed by atoms with Gasteiger partial charge in [-0.3, -0.25) is 4.79 Å². The minimum absolute atomic E-state index is 0.0558. The first-order chi connectivity index (χ1) is 5.59. The predicted octanol–water partition coefficient (Wildman–Crippen LogP) is 0.00220. The Morgan fingerprint density at radius 1 is 1.50 bits per heavy atom. The van der Waals surface area contributed by atoms with E-state index < -0.39 is 5.91 Å². The molecule has 1 rings (SSSR count). The predicted molar refractivity (Wildman–Crippen MR) is 45.4 cm³/mol. The standard InChI is InChI=1S/C8H10N2O2/c9-7-2-1-6(11)3-5(7)4-8(10)12/h1-3,11H,4,9H2,(H2,10,12). The number of benzene rings is 1. The Morgan fingerprint density at radius 2 is 2.17 bits per heavy atom. The summed E-state index contributed by atoms with van der Waals surface area (Å²) >= 11 is 0. The van der Waals surface area contributed by atoms with E-state index in [9.17, 15) is 4.79 Å². The SMILES string of the molecule is NC(=O)Cc1cc(O)ccc1N. The zero-order chi connectivity index (χ0) is 9.14. The van der Waals surface area contributed by atoms with Gasteiger partial charge in [-0.05, 0) is 23.8 Å². The molecule has 0 atom stereocenters. The van der Waals surface area contributed by atoms with Crippen LogP contribution in [0.4, 0.5) is 5.69 Å². The Hall–Kier alpha value is -1.71. The van der Waals surface area contributed by atoms with Crippen LogP contribution in [-0.2, 0) is 11.2 Å². The molecule has 0 bridgehead atoms. The molecular weight excluding hydrogens is 156 g/mol. The van der Waals surface area contributed by atoms with Crippen molar-refractivity contribution in [2.75, 3.05) is 5.73 Å². The van der Waals surface area contributed by atoms with Crippen LogP contribution in [0.25, 0.3) is 0 Å². The molecular formula is C8H10N2O2. The highest BCUT2D eigenvalue weighted by molar-refractivity contribution is 5.78. The minimum atomic E-state index is -0.465. The number of nitrogens with two attached hydrogens (primary N) is 2. The second-order valence-corrected chi connectivity index (χ2v) is 2.53. The number of hydrogen-bond acceptors (Lipinski definition) is 3. The van der Waals surface area contributed by atoms with Gasteiger partial charge in [0, 0.05) is 5.69 Å². The van der Waals surface area contributed by atoms with Crippen LogP contribution >= 0.6 is 0 Å². The quantitative estimate of drug-likeness (QED) is 0.426. The summed E-state index contributed by atoms with van der Waals surface area (Å²) in [5, 5.41) is 9.04. The van der Waals surface area contributed by atoms with E-state index in [4.69, 9.17) is 16.6 Å². The van der Waals surface area contributed by atoms with Crippen LogP contribution in [0.5, 0.6) is 5.75 Å². The fourth-order valence-corrected chi connectivity index (χ4v) is 0.933. The Labute approximate surface area is 69.8 Å². The molecule has 12 heavy (non-hydrogen) atoms. The van der Waals surface area contributed by atoms with Gasteiger partial charge in [0.25, 0.3) is 0 Å². The summed E-state index contributed by atoms with van der Waals surface area (Å²) in [6.07, 6.45) is 0.0558. The normalized spacial score (nSPS) is 9.67. The van der Waals surface area contributed by atoms with Gasteiger partial charge in [0.2, 0.25) is 5.91 Å². The van der Waals surface area contributed by atoms with E-state index >= 15 is 0 Å². The number of rotatable bonds is 2. The average molecular weight is 166 g/mol. The van der Waals surface area contributed by atoms with Gasteiger partial charge in [-0.2, -0.15) is 0 Å². The molecule has 0 radical (unpaired) electrons. The van der Waals surface area contributed by atoms with E-state index in [1.165, 1.54) is 18.2 Å². The Bertz CT molecular complexity index is 310. The largest absolute Gasteiger partial charge is 0.508 e. The van der Waals surface area contributed by atoms with Gasteiger partial charge in [-0.1, -0.05) is 0 Å². The number of nitrogen functional groups attached to an aromatic ring is 1. The third-order valence-corrected chi connectivity index (χ3v) is 1.49. The van der Waals surface area contributed by atoms with Gasteiger partial charge >= 0.3 is 0 Å². The molecule has 4 heteroatoms. The zero-order valence-electron chi connectivity index (χ0n) is 6.45. The summed E-state index contributed by atoms with van der Waals surface area (Å²) in [7, 11) is 0. The summed E-state index contributed by atoms with van der Waals surface area (Å²) in [5.41, 5.74) is 11.5. The fraction of sp³-hybridized carbons (Fsp3) is 0.125. The van der Waals surface area contributed by atoms with Crippen molar-refractivity contribution < 1.29 is 9.90 Å². The van der Waals surface area contributed by atoms with Crippen molar-refractivity contribution in [1.82, 2.24) is 0 Å². The number of anilines is 1. The number of primary amides is 1. The van der Waals surface area contributed by atoms with Crippen LogP contribution in [0.15, 0.2) is 18.2 Å². The highest BCUT2D eigenvalue weighted by atomic mass is 16.3. The van der Waals surface area contributed by atoms with E-state index in [2.05, 4.69) is 0 Å². The minimum Gasteiger partial charge on any atom is -0.508 e. The molecule has 1 aromatic rings. The van der Waals surface area contributed by atoms with Crippen LogP contribution in [0.1, 0.15) is 5.56 Å². The molecule has 0 aliphatic rings. The number of amides is 1. The van der Waals surface area contributed by atoms with Crippen molar-refractivity contribution in [3.63, 3.8) is 0 Å². The van der Waals surface area contributed by atoms with E-state index in [1.807, 2.05) is 0 Å². The Balaban J connectivity index is 2.97. The first-order valence-corrected chi connectivity index (χ1v) is 3.45. The smallest absolute Gasteiger partial charge is 0.221 e. The number of aromatic hydroxyl groups is 1. The molecule has 0 saturated carbocycles. The second-order valence-electron chi connectivity index (χ2n) is 2.53. The van der Waals surface area contributed by atoms with E-state index in [1.54, 1.807) is 0 Å². The lowest BCUT2D eigenvalue weighted by atomic mass is 10.1. The van der Waals surface area contributed by atoms with Gasteiger partial charge < -0.3 is 16.6 Å². The molecule has 5 N–H and O–H groups in total. The van der Waals surface area contributed by atoms with Crippen molar-refractivity contribution in [2.45, 2.75) is 6.42 Å². The van der Waals surface area contributed by atoms with Crippen LogP contribution in [0.2, 0.25) is 0 Å². The van der Waals surface area contributed by atoms with E-state index in [0.717, 1.165) is 0 Å². The van der Waals surface area contributed by atoms with Crippen molar-refractivity contribution in [2.24, 2.45) is 5.73 Å². The molecule has 4 nitrogen and oxygen atoms in total. The third-order valence-electron chi connectivity index (χ3n) is 1.49. The summed E-state index contributed by atoms with van der Waals surface area (Å²) in [6, 6.07) is 4.42. The molecule has 64 valence electrons. The molecule has 1 aromatic carbocycles. The van der Waals surface area contributed by atoms with Gasteiger partial charge in [-0.25, -0.2) is 0 Å². The van der Waals surface area contributed by atoms with Crippen LogP contribution in [0.3, 0.4) is 0 Å². The summed E-state index contributed by atoms with van der Waals surface area (Å²) in [6.45, 7) is 0. The van der Waals surface area contributed by atoms with Gasteiger partial charge in [-0.15, -0.1) is 0 Å². The number of hydrogen-bond donors (Lipinski definition) is 3. The maximum Gasteiger partial charge on any atom is 0.221 e. The van der Waals surface area contributed by atoms with Crippen molar-refractivity contribution in [3.8, 4) is 5.75 Å². The Morgan fingerprint density at radius 3 is 2.75 bits per heavy atom. The van der Waals surface area contributed by atoms with E-state index in [-0.39, 0.29) is 12.2 Å².